The summed E-state index contributed by atoms with van der Waals surface area (Å²) in [4.78, 5) is 42.5. The third-order valence-corrected chi connectivity index (χ3v) is 6.65. The molecule has 1 aliphatic heterocycles. The van der Waals surface area contributed by atoms with E-state index in [-0.39, 0.29) is 24.9 Å². The minimum Gasteiger partial charge on any atom is -0.329 e. The second-order valence-electron chi connectivity index (χ2n) is 7.98. The molecule has 32 heavy (non-hydrogen) atoms. The third-order valence-electron chi connectivity index (χ3n) is 5.90. The Morgan fingerprint density at radius 1 is 1.09 bits per heavy atom. The summed E-state index contributed by atoms with van der Waals surface area (Å²) >= 11 is 1.37. The van der Waals surface area contributed by atoms with Crippen LogP contribution < -0.4 is 10.6 Å². The second-order valence-corrected chi connectivity index (χ2v) is 8.84. The number of thiazole rings is 1. The average Bonchev–Trinajstić information content (AvgIpc) is 3.41. The van der Waals surface area contributed by atoms with E-state index in [0.29, 0.717) is 16.3 Å². The quantitative estimate of drug-likeness (QED) is 0.580. The molecule has 0 unspecified atom stereocenters. The van der Waals surface area contributed by atoms with Gasteiger partial charge in [-0.1, -0.05) is 30.3 Å². The molecule has 1 aromatic heterocycles. The Kier molecular flexibility index (Phi) is 5.45. The predicted octanol–water partition coefficient (Wildman–Crippen LogP) is 3.99. The predicted molar refractivity (Wildman–Crippen MR) is 123 cm³/mol. The van der Waals surface area contributed by atoms with E-state index in [2.05, 4.69) is 33.8 Å². The summed E-state index contributed by atoms with van der Waals surface area (Å²) in [5.41, 5.74) is 5.72. The summed E-state index contributed by atoms with van der Waals surface area (Å²) in [6, 6.07) is 13.0. The highest BCUT2D eigenvalue weighted by Crippen LogP contribution is 2.30. The maximum Gasteiger partial charge on any atom is 0.324 e. The molecule has 2 aliphatic rings. The van der Waals surface area contributed by atoms with Crippen molar-refractivity contribution in [2.45, 2.75) is 32.2 Å². The third kappa shape index (κ3) is 4.01. The first kappa shape index (κ1) is 20.4. The van der Waals surface area contributed by atoms with Crippen molar-refractivity contribution in [3.8, 4) is 11.3 Å². The number of nitrogens with zero attached hydrogens (tertiary/aromatic N) is 2. The van der Waals surface area contributed by atoms with Gasteiger partial charge in [-0.25, -0.2) is 9.78 Å². The molecule has 7 nitrogen and oxygen atoms in total. The number of carbonyl (C=O) groups is 3. The number of nitrogens with one attached hydrogen (secondary N) is 2. The van der Waals surface area contributed by atoms with Crippen molar-refractivity contribution in [3.63, 3.8) is 0 Å². The van der Waals surface area contributed by atoms with E-state index in [1.165, 1.54) is 35.3 Å². The monoisotopic (exact) mass is 446 g/mol. The highest BCUT2D eigenvalue weighted by atomic mass is 32.1. The van der Waals surface area contributed by atoms with Gasteiger partial charge in [0.25, 0.3) is 5.91 Å². The van der Waals surface area contributed by atoms with E-state index in [9.17, 15) is 14.4 Å². The maximum atomic E-state index is 13.0. The van der Waals surface area contributed by atoms with Crippen LogP contribution in [0.25, 0.3) is 11.3 Å². The van der Waals surface area contributed by atoms with Gasteiger partial charge in [-0.3, -0.25) is 19.8 Å². The zero-order valence-electron chi connectivity index (χ0n) is 17.4. The van der Waals surface area contributed by atoms with Gasteiger partial charge < -0.3 is 5.32 Å². The Morgan fingerprint density at radius 3 is 2.72 bits per heavy atom. The van der Waals surface area contributed by atoms with Gasteiger partial charge in [0.2, 0.25) is 5.91 Å². The Morgan fingerprint density at radius 2 is 1.91 bits per heavy atom. The molecule has 162 valence electrons. The Hall–Kier alpha value is -3.52. The Balaban J connectivity index is 1.33. The highest BCUT2D eigenvalue weighted by molar-refractivity contribution is 7.14. The smallest absolute Gasteiger partial charge is 0.324 e. The van der Waals surface area contributed by atoms with Crippen LogP contribution in [0.1, 0.15) is 39.9 Å². The number of carbonyl (C=O) groups excluding carboxylic acids is 3. The molecule has 5 rings (SSSR count). The molecule has 2 aromatic carbocycles. The van der Waals surface area contributed by atoms with Gasteiger partial charge in [0, 0.05) is 16.5 Å². The zero-order chi connectivity index (χ0) is 22.1. The first-order valence-electron chi connectivity index (χ1n) is 10.6. The van der Waals surface area contributed by atoms with Gasteiger partial charge in [0.05, 0.1) is 18.8 Å². The molecule has 1 aliphatic carbocycles. The lowest BCUT2D eigenvalue weighted by molar-refractivity contribution is -0.125. The van der Waals surface area contributed by atoms with Crippen LogP contribution >= 0.6 is 11.3 Å². The Labute approximate surface area is 189 Å². The molecule has 4 amide bonds. The number of amides is 4. The van der Waals surface area contributed by atoms with Crippen molar-refractivity contribution >= 4 is 34.3 Å². The summed E-state index contributed by atoms with van der Waals surface area (Å²) in [7, 11) is 0. The number of benzene rings is 2. The number of aryl methyl sites for hydroxylation is 2. The minimum absolute atomic E-state index is 0.0161. The van der Waals surface area contributed by atoms with Crippen LogP contribution in [0.5, 0.6) is 0 Å². The number of hydrogen-bond acceptors (Lipinski definition) is 5. The van der Waals surface area contributed by atoms with Crippen LogP contribution in [-0.4, -0.2) is 34.3 Å². The van der Waals surface area contributed by atoms with E-state index in [4.69, 9.17) is 0 Å². The van der Waals surface area contributed by atoms with Crippen molar-refractivity contribution in [1.29, 1.82) is 0 Å². The van der Waals surface area contributed by atoms with Crippen LogP contribution in [0, 0.1) is 0 Å². The first-order chi connectivity index (χ1) is 15.6. The van der Waals surface area contributed by atoms with Crippen molar-refractivity contribution in [1.82, 2.24) is 15.2 Å². The number of aromatic nitrogens is 1. The zero-order valence-corrected chi connectivity index (χ0v) is 18.2. The van der Waals surface area contributed by atoms with Crippen molar-refractivity contribution in [2.24, 2.45) is 0 Å². The van der Waals surface area contributed by atoms with Crippen molar-refractivity contribution in [2.75, 3.05) is 11.9 Å². The fraction of sp³-hybridized carbons (Fsp3) is 0.250. The van der Waals surface area contributed by atoms with Crippen LogP contribution in [0.4, 0.5) is 9.93 Å². The van der Waals surface area contributed by atoms with Crippen LogP contribution in [0.15, 0.2) is 47.8 Å². The fourth-order valence-electron chi connectivity index (χ4n) is 4.19. The fourth-order valence-corrected chi connectivity index (χ4v) is 4.90. The van der Waals surface area contributed by atoms with Crippen molar-refractivity contribution < 1.29 is 14.4 Å². The van der Waals surface area contributed by atoms with Gasteiger partial charge in [-0.05, 0) is 54.5 Å². The molecule has 0 atom stereocenters. The number of fused-ring (bicyclic) bond motifs is 1. The topological polar surface area (TPSA) is 91.4 Å². The lowest BCUT2D eigenvalue weighted by atomic mass is 9.90. The van der Waals surface area contributed by atoms with Gasteiger partial charge in [-0.2, -0.15) is 0 Å². The number of rotatable bonds is 5. The first-order valence-corrected chi connectivity index (χ1v) is 11.5. The lowest BCUT2D eigenvalue weighted by Crippen LogP contribution is -2.31. The molecule has 0 spiro atoms. The molecule has 0 radical (unpaired) electrons. The number of anilines is 1. The summed E-state index contributed by atoms with van der Waals surface area (Å²) in [5, 5.41) is 7.81. The standard InChI is InChI=1S/C24H22N4O3S/c29-21-12-25-24(31)28(21)13-18-7-3-4-8-19(18)22(30)27-23-26-20(14-32-23)17-10-9-15-5-1-2-6-16(15)11-17/h3-4,7-11,14H,1-2,5-6,12-13H2,(H,25,31)(H,26,27,30). The number of hydrogen-bond donors (Lipinski definition) is 2. The molecule has 0 saturated carbocycles. The van der Waals surface area contributed by atoms with Crippen LogP contribution in [0.3, 0.4) is 0 Å². The molecule has 1 saturated heterocycles. The molecular formula is C24H22N4O3S. The van der Waals surface area contributed by atoms with Gasteiger partial charge in [0.15, 0.2) is 5.13 Å². The summed E-state index contributed by atoms with van der Waals surface area (Å²) in [6.07, 6.45) is 4.71. The summed E-state index contributed by atoms with van der Waals surface area (Å²) < 4.78 is 0. The lowest BCUT2D eigenvalue weighted by Gasteiger charge is -2.16. The van der Waals surface area contributed by atoms with Crippen LogP contribution in [0.2, 0.25) is 0 Å². The van der Waals surface area contributed by atoms with Gasteiger partial charge >= 0.3 is 6.03 Å². The molecule has 8 heteroatoms. The maximum absolute atomic E-state index is 13.0. The number of urea groups is 1. The van der Waals surface area contributed by atoms with Gasteiger partial charge in [0.1, 0.15) is 0 Å². The van der Waals surface area contributed by atoms with E-state index in [1.807, 2.05) is 5.38 Å². The normalized spacial score (nSPS) is 15.4. The molecule has 3 aromatic rings. The molecule has 1 fully saturated rings. The Bertz CT molecular complexity index is 1200. The molecule has 2 N–H and O–H groups in total. The molecule has 2 heterocycles. The van der Waals surface area contributed by atoms with Crippen molar-refractivity contribution in [3.05, 3.63) is 70.1 Å². The largest absolute Gasteiger partial charge is 0.329 e. The van der Waals surface area contributed by atoms with Crippen LogP contribution in [-0.2, 0) is 24.2 Å². The number of imide groups is 1. The van der Waals surface area contributed by atoms with Gasteiger partial charge in [-0.15, -0.1) is 11.3 Å². The van der Waals surface area contributed by atoms with E-state index >= 15 is 0 Å². The molecular weight excluding hydrogens is 424 g/mol. The highest BCUT2D eigenvalue weighted by Gasteiger charge is 2.29. The minimum atomic E-state index is -0.445. The second kappa shape index (κ2) is 8.55. The average molecular weight is 447 g/mol. The van der Waals surface area contributed by atoms with E-state index < -0.39 is 6.03 Å². The van der Waals surface area contributed by atoms with E-state index in [1.54, 1.807) is 24.3 Å². The van der Waals surface area contributed by atoms with E-state index in [0.717, 1.165) is 29.0 Å². The summed E-state index contributed by atoms with van der Waals surface area (Å²) in [6.45, 7) is 0.0320. The SMILES string of the molecule is O=C(Nc1nc(-c2ccc3c(c2)CCCC3)cs1)c1ccccc1CN1C(=O)CNC1=O. The molecule has 0 bridgehead atoms. The summed E-state index contributed by atoms with van der Waals surface area (Å²) in [5.74, 6) is -0.626.